The maximum atomic E-state index is 12.3. The largest absolute Gasteiger partial charge is 0.372 e. The second-order valence-corrected chi connectivity index (χ2v) is 9.96. The summed E-state index contributed by atoms with van der Waals surface area (Å²) < 4.78 is 23.1. The average molecular weight is 430 g/mol. The van der Waals surface area contributed by atoms with Gasteiger partial charge in [-0.05, 0) is 61.7 Å². The minimum Gasteiger partial charge on any atom is -0.372 e. The third-order valence-electron chi connectivity index (χ3n) is 5.50. The van der Waals surface area contributed by atoms with Crippen LogP contribution in [0.25, 0.3) is 0 Å². The lowest BCUT2D eigenvalue weighted by Crippen LogP contribution is -2.30. The Balaban J connectivity index is 1.49. The van der Waals surface area contributed by atoms with Gasteiger partial charge in [0.1, 0.15) is 0 Å². The Morgan fingerprint density at radius 1 is 0.967 bits per heavy atom. The molecule has 1 aliphatic heterocycles. The van der Waals surface area contributed by atoms with Crippen LogP contribution in [-0.4, -0.2) is 40.2 Å². The van der Waals surface area contributed by atoms with Crippen molar-refractivity contribution in [3.8, 4) is 0 Å². The standard InChI is InChI=1S/C23H31N3O3S/c1-18(19-7-13-22(14-8-19)30(2,28)29)24-17-23(27)25-20-9-11-21(12-10-20)26-15-5-3-4-6-16-26/h7-14,18,24H,3-6,15-17H2,1-2H3,(H,25,27). The first-order chi connectivity index (χ1) is 14.3. The number of sulfone groups is 1. The summed E-state index contributed by atoms with van der Waals surface area (Å²) in [6, 6.07) is 14.7. The van der Waals surface area contributed by atoms with Crippen LogP contribution in [0.15, 0.2) is 53.4 Å². The molecule has 7 heteroatoms. The Labute approximate surface area is 179 Å². The van der Waals surface area contributed by atoms with E-state index in [-0.39, 0.29) is 18.5 Å². The first kappa shape index (κ1) is 22.3. The Bertz CT molecular complexity index is 933. The summed E-state index contributed by atoms with van der Waals surface area (Å²) in [6.07, 6.45) is 6.27. The van der Waals surface area contributed by atoms with Gasteiger partial charge in [-0.25, -0.2) is 8.42 Å². The fraction of sp³-hybridized carbons (Fsp3) is 0.435. The minimum absolute atomic E-state index is 0.0743. The number of anilines is 2. The second-order valence-electron chi connectivity index (χ2n) is 7.94. The van der Waals surface area contributed by atoms with Gasteiger partial charge in [0.25, 0.3) is 0 Å². The van der Waals surface area contributed by atoms with E-state index in [2.05, 4.69) is 27.7 Å². The molecule has 0 saturated carbocycles. The number of nitrogens with one attached hydrogen (secondary N) is 2. The summed E-state index contributed by atoms with van der Waals surface area (Å²) in [5.41, 5.74) is 2.92. The zero-order valence-electron chi connectivity index (χ0n) is 17.7. The predicted octanol–water partition coefficient (Wildman–Crippen LogP) is 3.76. The second kappa shape index (κ2) is 10.1. The van der Waals surface area contributed by atoms with Crippen molar-refractivity contribution in [2.45, 2.75) is 43.5 Å². The molecule has 30 heavy (non-hydrogen) atoms. The van der Waals surface area contributed by atoms with Gasteiger partial charge in [-0.15, -0.1) is 0 Å². The van der Waals surface area contributed by atoms with Crippen molar-refractivity contribution in [2.24, 2.45) is 0 Å². The van der Waals surface area contributed by atoms with Crippen LogP contribution in [0.5, 0.6) is 0 Å². The molecular formula is C23H31N3O3S. The molecule has 0 radical (unpaired) electrons. The molecule has 2 N–H and O–H groups in total. The van der Waals surface area contributed by atoms with Crippen LogP contribution in [0.3, 0.4) is 0 Å². The van der Waals surface area contributed by atoms with Crippen LogP contribution in [-0.2, 0) is 14.6 Å². The van der Waals surface area contributed by atoms with Gasteiger partial charge < -0.3 is 15.5 Å². The number of carbonyl (C=O) groups is 1. The molecule has 1 aliphatic rings. The number of hydrogen-bond donors (Lipinski definition) is 2. The van der Waals surface area contributed by atoms with E-state index >= 15 is 0 Å². The van der Waals surface area contributed by atoms with Crippen LogP contribution in [0.1, 0.15) is 44.2 Å². The van der Waals surface area contributed by atoms with E-state index < -0.39 is 9.84 Å². The monoisotopic (exact) mass is 429 g/mol. The molecule has 1 saturated heterocycles. The Morgan fingerprint density at radius 2 is 1.57 bits per heavy atom. The van der Waals surface area contributed by atoms with Crippen LogP contribution in [0.2, 0.25) is 0 Å². The molecule has 6 nitrogen and oxygen atoms in total. The lowest BCUT2D eigenvalue weighted by atomic mass is 10.1. The first-order valence-corrected chi connectivity index (χ1v) is 12.4. The third-order valence-corrected chi connectivity index (χ3v) is 6.63. The fourth-order valence-corrected chi connectivity index (χ4v) is 4.29. The molecule has 3 rings (SSSR count). The van der Waals surface area contributed by atoms with E-state index in [4.69, 9.17) is 0 Å². The van der Waals surface area contributed by atoms with E-state index in [1.165, 1.54) is 37.6 Å². The average Bonchev–Trinajstić information content (AvgIpc) is 3.02. The third kappa shape index (κ3) is 6.31. The molecule has 2 aromatic carbocycles. The van der Waals surface area contributed by atoms with Gasteiger partial charge in [0.05, 0.1) is 11.4 Å². The maximum Gasteiger partial charge on any atom is 0.238 e. The lowest BCUT2D eigenvalue weighted by Gasteiger charge is -2.22. The summed E-state index contributed by atoms with van der Waals surface area (Å²) in [7, 11) is -3.21. The normalized spacial score (nSPS) is 16.0. The lowest BCUT2D eigenvalue weighted by molar-refractivity contribution is -0.115. The predicted molar refractivity (Wildman–Crippen MR) is 122 cm³/mol. The smallest absolute Gasteiger partial charge is 0.238 e. The van der Waals surface area contributed by atoms with E-state index in [9.17, 15) is 13.2 Å². The molecule has 1 heterocycles. The minimum atomic E-state index is -3.21. The molecule has 162 valence electrons. The van der Waals surface area contributed by atoms with Gasteiger partial charge in [0, 0.05) is 36.8 Å². The highest BCUT2D eigenvalue weighted by molar-refractivity contribution is 7.90. The summed E-state index contributed by atoms with van der Waals surface area (Å²) in [5, 5.41) is 6.10. The molecule has 2 aromatic rings. The van der Waals surface area contributed by atoms with Crippen LogP contribution in [0.4, 0.5) is 11.4 Å². The van der Waals surface area contributed by atoms with Crippen molar-refractivity contribution < 1.29 is 13.2 Å². The molecule has 0 bridgehead atoms. The molecule has 1 amide bonds. The number of hydrogen-bond acceptors (Lipinski definition) is 5. The molecule has 0 spiro atoms. The highest BCUT2D eigenvalue weighted by atomic mass is 32.2. The topological polar surface area (TPSA) is 78.5 Å². The van der Waals surface area contributed by atoms with Gasteiger partial charge in [0.15, 0.2) is 9.84 Å². The van der Waals surface area contributed by atoms with Gasteiger partial charge in [0.2, 0.25) is 5.91 Å². The van der Waals surface area contributed by atoms with Crippen LogP contribution < -0.4 is 15.5 Å². The van der Waals surface area contributed by atoms with Crippen molar-refractivity contribution in [3.05, 3.63) is 54.1 Å². The van der Waals surface area contributed by atoms with Crippen molar-refractivity contribution in [1.29, 1.82) is 0 Å². The zero-order chi connectivity index (χ0) is 21.6. The highest BCUT2D eigenvalue weighted by Gasteiger charge is 2.12. The maximum absolute atomic E-state index is 12.3. The summed E-state index contributed by atoms with van der Waals surface area (Å²) in [4.78, 5) is 15.0. The quantitative estimate of drug-likeness (QED) is 0.701. The van der Waals surface area contributed by atoms with Crippen molar-refractivity contribution >= 4 is 27.1 Å². The Hall–Kier alpha value is -2.38. The van der Waals surface area contributed by atoms with Crippen molar-refractivity contribution in [1.82, 2.24) is 5.32 Å². The van der Waals surface area contributed by atoms with E-state index in [1.807, 2.05) is 19.1 Å². The molecular weight excluding hydrogens is 398 g/mol. The SMILES string of the molecule is CC(NCC(=O)Nc1ccc(N2CCCCCC2)cc1)c1ccc(S(C)(=O)=O)cc1. The molecule has 1 fully saturated rings. The van der Waals surface area contributed by atoms with Crippen LogP contribution >= 0.6 is 0 Å². The summed E-state index contributed by atoms with van der Waals surface area (Å²) >= 11 is 0. The summed E-state index contributed by atoms with van der Waals surface area (Å²) in [5.74, 6) is -0.114. The van der Waals surface area contributed by atoms with Crippen LogP contribution in [0, 0.1) is 0 Å². The number of amides is 1. The van der Waals surface area contributed by atoms with Gasteiger partial charge >= 0.3 is 0 Å². The van der Waals surface area contributed by atoms with Gasteiger partial charge in [-0.2, -0.15) is 0 Å². The van der Waals surface area contributed by atoms with Crippen molar-refractivity contribution in [3.63, 3.8) is 0 Å². The summed E-state index contributed by atoms with van der Waals surface area (Å²) in [6.45, 7) is 4.30. The molecule has 1 atom stereocenters. The number of rotatable bonds is 7. The van der Waals surface area contributed by atoms with E-state index in [1.54, 1.807) is 24.3 Å². The number of benzene rings is 2. The zero-order valence-corrected chi connectivity index (χ0v) is 18.5. The molecule has 1 unspecified atom stereocenters. The fourth-order valence-electron chi connectivity index (χ4n) is 3.66. The van der Waals surface area contributed by atoms with Crippen molar-refractivity contribution in [2.75, 3.05) is 36.1 Å². The number of nitrogens with zero attached hydrogens (tertiary/aromatic N) is 1. The van der Waals surface area contributed by atoms with E-state index in [0.717, 1.165) is 24.3 Å². The number of carbonyl (C=O) groups excluding carboxylic acids is 1. The van der Waals surface area contributed by atoms with Gasteiger partial charge in [-0.1, -0.05) is 25.0 Å². The Kier molecular flexibility index (Phi) is 7.50. The molecule has 0 aliphatic carbocycles. The Morgan fingerprint density at radius 3 is 2.13 bits per heavy atom. The highest BCUT2D eigenvalue weighted by Crippen LogP contribution is 2.21. The van der Waals surface area contributed by atoms with E-state index in [0.29, 0.717) is 4.90 Å². The molecule has 0 aromatic heterocycles. The van der Waals surface area contributed by atoms with Gasteiger partial charge in [-0.3, -0.25) is 4.79 Å². The first-order valence-electron chi connectivity index (χ1n) is 10.5.